The number of carbonyl (C=O) groups is 2. The van der Waals surface area contributed by atoms with Gasteiger partial charge in [-0.25, -0.2) is 4.79 Å². The van der Waals surface area contributed by atoms with Gasteiger partial charge in [-0.15, -0.1) is 0 Å². The molecule has 0 saturated carbocycles. The van der Waals surface area contributed by atoms with Crippen LogP contribution in [0.15, 0.2) is 48.2 Å². The number of nitrogens with one attached hydrogen (secondary N) is 1. The minimum absolute atomic E-state index is 0.0607. The zero-order chi connectivity index (χ0) is 18.7. The first-order valence-electron chi connectivity index (χ1n) is 8.67. The summed E-state index contributed by atoms with van der Waals surface area (Å²) in [6.07, 6.45) is 6.11. The summed E-state index contributed by atoms with van der Waals surface area (Å²) in [4.78, 5) is 28.7. The number of urea groups is 1. The molecule has 0 spiro atoms. The van der Waals surface area contributed by atoms with Gasteiger partial charge in [0.2, 0.25) is 5.91 Å². The van der Waals surface area contributed by atoms with Crippen LogP contribution in [0.2, 0.25) is 0 Å². The Morgan fingerprint density at radius 3 is 2.50 bits per heavy atom. The summed E-state index contributed by atoms with van der Waals surface area (Å²) >= 11 is 0. The summed E-state index contributed by atoms with van der Waals surface area (Å²) in [5.74, 6) is 0.159. The first-order chi connectivity index (χ1) is 12.4. The lowest BCUT2D eigenvalue weighted by Crippen LogP contribution is -2.54. The molecule has 7 nitrogen and oxygen atoms in total. The maximum absolute atomic E-state index is 12.8. The Morgan fingerprint density at radius 1 is 1.19 bits per heavy atom. The molecule has 1 aromatic rings. The van der Waals surface area contributed by atoms with Crippen molar-refractivity contribution in [1.82, 2.24) is 9.80 Å². The number of piperazine rings is 1. The number of phenolic OH excluding ortho intramolecular Hbond substituents is 1. The van der Waals surface area contributed by atoms with Crippen LogP contribution in [0.3, 0.4) is 0 Å². The SMILES string of the molecule is CC1(C(=O)N2CCN(C(=O)Nc3cccc(O)c3)CC2)C=CC(N)=CC1. The Bertz CT molecular complexity index is 766. The fraction of sp³-hybridized carbons (Fsp3) is 0.368. The highest BCUT2D eigenvalue weighted by atomic mass is 16.3. The van der Waals surface area contributed by atoms with Crippen LogP contribution in [-0.2, 0) is 4.79 Å². The number of rotatable bonds is 2. The molecule has 2 aliphatic rings. The maximum Gasteiger partial charge on any atom is 0.321 e. The van der Waals surface area contributed by atoms with Gasteiger partial charge in [-0.05, 0) is 31.6 Å². The van der Waals surface area contributed by atoms with Crippen LogP contribution in [0, 0.1) is 5.41 Å². The first-order valence-corrected chi connectivity index (χ1v) is 8.67. The van der Waals surface area contributed by atoms with Gasteiger partial charge < -0.3 is 26.0 Å². The van der Waals surface area contributed by atoms with Crippen molar-refractivity contribution in [2.75, 3.05) is 31.5 Å². The third-order valence-electron chi connectivity index (χ3n) is 4.85. The van der Waals surface area contributed by atoms with E-state index < -0.39 is 5.41 Å². The van der Waals surface area contributed by atoms with Crippen molar-refractivity contribution in [1.29, 1.82) is 0 Å². The van der Waals surface area contributed by atoms with Crippen molar-refractivity contribution < 1.29 is 14.7 Å². The summed E-state index contributed by atoms with van der Waals surface area (Å²) in [7, 11) is 0. The Hall–Kier alpha value is -2.96. The van der Waals surface area contributed by atoms with Crippen LogP contribution >= 0.6 is 0 Å². The normalized spacial score (nSPS) is 22.7. The van der Waals surface area contributed by atoms with E-state index in [4.69, 9.17) is 5.73 Å². The predicted octanol–water partition coefficient (Wildman–Crippen LogP) is 1.88. The van der Waals surface area contributed by atoms with Gasteiger partial charge in [0.25, 0.3) is 0 Å². The highest BCUT2D eigenvalue weighted by Gasteiger charge is 2.36. The predicted molar refractivity (Wildman–Crippen MR) is 99.4 cm³/mol. The van der Waals surface area contributed by atoms with Crippen LogP contribution in [-0.4, -0.2) is 53.0 Å². The second kappa shape index (κ2) is 7.11. The highest BCUT2D eigenvalue weighted by Crippen LogP contribution is 2.31. The third kappa shape index (κ3) is 3.82. The molecule has 1 aromatic carbocycles. The van der Waals surface area contributed by atoms with Gasteiger partial charge in [-0.3, -0.25) is 4.79 Å². The maximum atomic E-state index is 12.8. The number of nitrogens with two attached hydrogens (primary N) is 1. The lowest BCUT2D eigenvalue weighted by atomic mass is 9.81. The van der Waals surface area contributed by atoms with E-state index in [1.165, 1.54) is 6.07 Å². The minimum atomic E-state index is -0.575. The average Bonchev–Trinajstić information content (AvgIpc) is 2.64. The number of hydrogen-bond acceptors (Lipinski definition) is 4. The number of allylic oxidation sites excluding steroid dienone is 2. The van der Waals surface area contributed by atoms with Crippen LogP contribution in [0.4, 0.5) is 10.5 Å². The molecule has 1 atom stereocenters. The summed E-state index contributed by atoms with van der Waals surface area (Å²) in [5.41, 5.74) is 6.39. The number of carbonyl (C=O) groups excluding carboxylic acids is 2. The molecule has 4 N–H and O–H groups in total. The van der Waals surface area contributed by atoms with Gasteiger partial charge in [-0.2, -0.15) is 0 Å². The number of hydrogen-bond donors (Lipinski definition) is 3. The molecule has 0 radical (unpaired) electrons. The Balaban J connectivity index is 1.55. The van der Waals surface area contributed by atoms with Crippen molar-refractivity contribution in [2.45, 2.75) is 13.3 Å². The zero-order valence-corrected chi connectivity index (χ0v) is 14.8. The molecule has 7 heteroatoms. The molecule has 1 saturated heterocycles. The molecule has 1 aliphatic carbocycles. The monoisotopic (exact) mass is 356 g/mol. The molecule has 1 heterocycles. The molecule has 138 valence electrons. The number of benzene rings is 1. The van der Waals surface area contributed by atoms with Gasteiger partial charge in [0.1, 0.15) is 5.75 Å². The van der Waals surface area contributed by atoms with E-state index >= 15 is 0 Å². The van der Waals surface area contributed by atoms with Crippen LogP contribution in [0.5, 0.6) is 5.75 Å². The minimum Gasteiger partial charge on any atom is -0.508 e. The molecule has 1 unspecified atom stereocenters. The van der Waals surface area contributed by atoms with E-state index in [2.05, 4.69) is 5.32 Å². The van der Waals surface area contributed by atoms with E-state index in [9.17, 15) is 14.7 Å². The largest absolute Gasteiger partial charge is 0.508 e. The molecular formula is C19H24N4O3. The fourth-order valence-electron chi connectivity index (χ4n) is 3.16. The fourth-order valence-corrected chi connectivity index (χ4v) is 3.16. The van der Waals surface area contributed by atoms with Gasteiger partial charge >= 0.3 is 6.03 Å². The van der Waals surface area contributed by atoms with E-state index in [0.29, 0.717) is 44.0 Å². The highest BCUT2D eigenvalue weighted by molar-refractivity contribution is 5.90. The topological polar surface area (TPSA) is 98.9 Å². The van der Waals surface area contributed by atoms with Gasteiger partial charge in [0, 0.05) is 43.6 Å². The van der Waals surface area contributed by atoms with Crippen molar-refractivity contribution >= 4 is 17.6 Å². The summed E-state index contributed by atoms with van der Waals surface area (Å²) in [6, 6.07) is 6.19. The Labute approximate surface area is 152 Å². The summed E-state index contributed by atoms with van der Waals surface area (Å²) < 4.78 is 0. The molecule has 26 heavy (non-hydrogen) atoms. The standard InChI is InChI=1S/C19H24N4O3/c1-19(7-5-14(20)6-8-19)17(25)22-9-11-23(12-10-22)18(26)21-15-3-2-4-16(24)13-15/h2-7,13,24H,8-12,20H2,1H3,(H,21,26). The van der Waals surface area contributed by atoms with Gasteiger partial charge in [0.05, 0.1) is 5.41 Å². The molecule has 0 bridgehead atoms. The quantitative estimate of drug-likeness (QED) is 0.753. The Morgan fingerprint density at radius 2 is 1.88 bits per heavy atom. The zero-order valence-electron chi connectivity index (χ0n) is 14.8. The van der Waals surface area contributed by atoms with Crippen LogP contribution in [0.1, 0.15) is 13.3 Å². The third-order valence-corrected chi connectivity index (χ3v) is 4.85. The van der Waals surface area contributed by atoms with Crippen molar-refractivity contribution in [3.63, 3.8) is 0 Å². The van der Waals surface area contributed by atoms with Crippen LogP contribution < -0.4 is 11.1 Å². The molecule has 3 amide bonds. The van der Waals surface area contributed by atoms with Gasteiger partial charge in [-0.1, -0.05) is 18.2 Å². The number of aromatic hydroxyl groups is 1. The van der Waals surface area contributed by atoms with E-state index in [1.54, 1.807) is 34.1 Å². The second-order valence-electron chi connectivity index (χ2n) is 6.92. The van der Waals surface area contributed by atoms with E-state index in [1.807, 2.05) is 19.1 Å². The lowest BCUT2D eigenvalue weighted by Gasteiger charge is -2.39. The number of amides is 3. The number of phenols is 1. The first kappa shape index (κ1) is 17.8. The van der Waals surface area contributed by atoms with Crippen LogP contribution in [0.25, 0.3) is 0 Å². The molecule has 3 rings (SSSR count). The summed E-state index contributed by atoms with van der Waals surface area (Å²) in [6.45, 7) is 3.84. The average molecular weight is 356 g/mol. The number of nitrogens with zero attached hydrogens (tertiary/aromatic N) is 2. The Kier molecular flexibility index (Phi) is 4.88. The van der Waals surface area contributed by atoms with Gasteiger partial charge in [0.15, 0.2) is 0 Å². The molecule has 0 aromatic heterocycles. The van der Waals surface area contributed by atoms with E-state index in [-0.39, 0.29) is 17.7 Å². The van der Waals surface area contributed by atoms with Crippen molar-refractivity contribution in [3.8, 4) is 5.75 Å². The van der Waals surface area contributed by atoms with Crippen molar-refractivity contribution in [3.05, 3.63) is 48.2 Å². The molecule has 1 fully saturated rings. The molecule has 1 aliphatic heterocycles. The van der Waals surface area contributed by atoms with E-state index in [0.717, 1.165) is 0 Å². The number of anilines is 1. The molecular weight excluding hydrogens is 332 g/mol. The van der Waals surface area contributed by atoms with Crippen molar-refractivity contribution in [2.24, 2.45) is 11.1 Å². The second-order valence-corrected chi connectivity index (χ2v) is 6.92. The summed E-state index contributed by atoms with van der Waals surface area (Å²) in [5, 5.41) is 12.2. The smallest absolute Gasteiger partial charge is 0.321 e. The lowest BCUT2D eigenvalue weighted by molar-refractivity contribution is -0.140.